The van der Waals surface area contributed by atoms with Crippen molar-refractivity contribution in [3.63, 3.8) is 0 Å². The van der Waals surface area contributed by atoms with Crippen molar-refractivity contribution in [2.75, 3.05) is 6.61 Å². The minimum atomic E-state index is -0.250. The highest BCUT2D eigenvalue weighted by Gasteiger charge is 1.81. The second-order valence-corrected chi connectivity index (χ2v) is 2.74. The molecule has 0 atom stereocenters. The van der Waals surface area contributed by atoms with Crippen LogP contribution < -0.4 is 0 Å². The van der Waals surface area contributed by atoms with Crippen LogP contribution in [0.4, 0.5) is 0 Å². The van der Waals surface area contributed by atoms with Crippen LogP contribution in [0.25, 0.3) is 0 Å². The van der Waals surface area contributed by atoms with Gasteiger partial charge in [0, 0.05) is 6.92 Å². The van der Waals surface area contributed by atoms with Gasteiger partial charge in [0.1, 0.15) is 0 Å². The van der Waals surface area contributed by atoms with E-state index in [1.54, 1.807) is 6.92 Å². The number of hydrogen-bond donors (Lipinski definition) is 1. The van der Waals surface area contributed by atoms with Crippen molar-refractivity contribution < 1.29 is 19.4 Å². The van der Waals surface area contributed by atoms with Gasteiger partial charge >= 0.3 is 5.97 Å². The topological polar surface area (TPSA) is 63.6 Å². The molecule has 0 heterocycles. The first-order valence-electron chi connectivity index (χ1n) is 5.31. The zero-order valence-corrected chi connectivity index (χ0v) is 10.3. The van der Waals surface area contributed by atoms with E-state index in [2.05, 4.69) is 18.6 Å². The first-order valence-corrected chi connectivity index (χ1v) is 5.31. The maximum absolute atomic E-state index is 9.82. The number of unbranched alkanes of at least 4 members (excludes halogenated alkanes) is 3. The van der Waals surface area contributed by atoms with Gasteiger partial charge in [-0.1, -0.05) is 39.5 Å². The molecule has 0 saturated carbocycles. The van der Waals surface area contributed by atoms with Gasteiger partial charge in [0.05, 0.1) is 6.61 Å². The maximum atomic E-state index is 9.82. The molecular formula is C11H24O4. The van der Waals surface area contributed by atoms with Gasteiger partial charge in [-0.3, -0.25) is 9.59 Å². The molecule has 0 spiro atoms. The quantitative estimate of drug-likeness (QED) is 0.449. The molecule has 0 radical (unpaired) electrons. The lowest BCUT2D eigenvalue weighted by atomic mass is 10.2. The van der Waals surface area contributed by atoms with Gasteiger partial charge in [-0.25, -0.2) is 0 Å². The number of hydrogen-bond acceptors (Lipinski definition) is 3. The molecule has 0 bridgehead atoms. The summed E-state index contributed by atoms with van der Waals surface area (Å²) in [7, 11) is 0. The minimum absolute atomic E-state index is 0.211. The molecular weight excluding hydrogens is 196 g/mol. The Kier molecular flexibility index (Phi) is 30.0. The molecule has 1 N–H and O–H groups in total. The Labute approximate surface area is 92.6 Å². The van der Waals surface area contributed by atoms with E-state index < -0.39 is 0 Å². The van der Waals surface area contributed by atoms with Gasteiger partial charge in [0.15, 0.2) is 0 Å². The molecule has 0 amide bonds. The molecule has 0 saturated heterocycles. The van der Waals surface area contributed by atoms with Crippen molar-refractivity contribution in [3.8, 4) is 0 Å². The molecule has 0 aliphatic rings. The Balaban J connectivity index is -0.000000153. The van der Waals surface area contributed by atoms with E-state index in [0.717, 1.165) is 0 Å². The summed E-state index contributed by atoms with van der Waals surface area (Å²) in [6.45, 7) is 7.87. The summed E-state index contributed by atoms with van der Waals surface area (Å²) in [4.78, 5) is 18.2. The van der Waals surface area contributed by atoms with Crippen molar-refractivity contribution >= 4 is 12.4 Å². The number of carbonyl (C=O) groups is 2. The summed E-state index contributed by atoms with van der Waals surface area (Å²) in [6, 6.07) is 0. The summed E-state index contributed by atoms with van der Waals surface area (Å²) in [6.07, 6.45) is 5.54. The Morgan fingerprint density at radius 3 is 1.60 bits per heavy atom. The monoisotopic (exact) mass is 220 g/mol. The van der Waals surface area contributed by atoms with Gasteiger partial charge in [-0.05, 0) is 6.92 Å². The van der Waals surface area contributed by atoms with Crippen LogP contribution in [0.1, 0.15) is 53.4 Å². The van der Waals surface area contributed by atoms with Crippen molar-refractivity contribution in [1.29, 1.82) is 0 Å². The second-order valence-electron chi connectivity index (χ2n) is 2.74. The lowest BCUT2D eigenvalue weighted by Crippen LogP contribution is -1.95. The zero-order chi connectivity index (χ0) is 12.5. The summed E-state index contributed by atoms with van der Waals surface area (Å²) >= 11 is 0. The van der Waals surface area contributed by atoms with Crippen LogP contribution in [-0.4, -0.2) is 24.2 Å². The third kappa shape index (κ3) is 63.5. The van der Waals surface area contributed by atoms with Crippen LogP contribution in [0.3, 0.4) is 0 Å². The fourth-order valence-corrected chi connectivity index (χ4v) is 0.703. The smallest absolute Gasteiger partial charge is 0.302 e. The molecule has 0 aliphatic carbocycles. The zero-order valence-electron chi connectivity index (χ0n) is 10.3. The van der Waals surface area contributed by atoms with Crippen LogP contribution >= 0.6 is 0 Å². The molecule has 0 unspecified atom stereocenters. The molecule has 4 heteroatoms. The fourth-order valence-electron chi connectivity index (χ4n) is 0.703. The number of esters is 1. The van der Waals surface area contributed by atoms with E-state index in [9.17, 15) is 4.79 Å². The first-order chi connectivity index (χ1) is 7.10. The molecule has 0 aromatic carbocycles. The van der Waals surface area contributed by atoms with Gasteiger partial charge < -0.3 is 9.84 Å². The number of ether oxygens (including phenoxy) is 1. The third-order valence-electron chi connectivity index (χ3n) is 1.30. The molecule has 0 aromatic heterocycles. The number of rotatable bonds is 4. The fraction of sp³-hybridized carbons (Fsp3) is 0.818. The highest BCUT2D eigenvalue weighted by atomic mass is 16.5. The molecule has 0 aromatic rings. The second kappa shape index (κ2) is 23.1. The average molecular weight is 220 g/mol. The number of carbonyl (C=O) groups excluding carboxylic acids is 1. The summed E-state index contributed by atoms with van der Waals surface area (Å²) in [5.41, 5.74) is 0. The lowest BCUT2D eigenvalue weighted by molar-refractivity contribution is -0.140. The van der Waals surface area contributed by atoms with Crippen molar-refractivity contribution in [2.24, 2.45) is 0 Å². The van der Waals surface area contributed by atoms with Crippen LogP contribution in [0.5, 0.6) is 0 Å². The van der Waals surface area contributed by atoms with Gasteiger partial charge in [0.2, 0.25) is 0 Å². The summed E-state index contributed by atoms with van der Waals surface area (Å²) < 4.78 is 4.40. The van der Waals surface area contributed by atoms with E-state index in [1.807, 2.05) is 0 Å². The summed E-state index contributed by atoms with van der Waals surface area (Å²) in [5, 5.41) is 6.89. The Bertz CT molecular complexity index is 120. The van der Waals surface area contributed by atoms with Crippen LogP contribution in [-0.2, 0) is 14.3 Å². The van der Waals surface area contributed by atoms with Gasteiger partial charge in [0.25, 0.3) is 6.47 Å². The van der Waals surface area contributed by atoms with E-state index in [1.165, 1.54) is 32.6 Å². The third-order valence-corrected chi connectivity index (χ3v) is 1.30. The number of carboxylic acid groups (broad SMARTS) is 1. The Hall–Kier alpha value is -1.06. The van der Waals surface area contributed by atoms with E-state index in [0.29, 0.717) is 6.61 Å². The van der Waals surface area contributed by atoms with E-state index in [-0.39, 0.29) is 12.4 Å². The van der Waals surface area contributed by atoms with E-state index >= 15 is 0 Å². The van der Waals surface area contributed by atoms with Crippen molar-refractivity contribution in [3.05, 3.63) is 0 Å². The molecule has 15 heavy (non-hydrogen) atoms. The normalized spacial score (nSPS) is 7.47. The molecule has 92 valence electrons. The van der Waals surface area contributed by atoms with Gasteiger partial charge in [-0.2, -0.15) is 0 Å². The Morgan fingerprint density at radius 2 is 1.53 bits per heavy atom. The predicted octanol–water partition coefficient (Wildman–Crippen LogP) is 2.86. The average Bonchev–Trinajstić information content (AvgIpc) is 2.16. The highest BCUT2D eigenvalue weighted by Crippen LogP contribution is 1.95. The first kappa shape index (κ1) is 19.5. The molecule has 0 fully saturated rings. The molecule has 0 rings (SSSR count). The Morgan fingerprint density at radius 1 is 1.20 bits per heavy atom. The maximum Gasteiger partial charge on any atom is 0.302 e. The van der Waals surface area contributed by atoms with Crippen molar-refractivity contribution in [1.82, 2.24) is 0 Å². The largest absolute Gasteiger partial charge is 0.483 e. The van der Waals surface area contributed by atoms with Gasteiger partial charge in [-0.15, -0.1) is 0 Å². The van der Waals surface area contributed by atoms with Crippen LogP contribution in [0.2, 0.25) is 0 Å². The van der Waals surface area contributed by atoms with Crippen LogP contribution in [0, 0.1) is 0 Å². The van der Waals surface area contributed by atoms with Crippen LogP contribution in [0.15, 0.2) is 0 Å². The highest BCUT2D eigenvalue weighted by molar-refractivity contribution is 5.65. The SMILES string of the molecule is CCCCCC.CCOC(C)=O.O=CO. The predicted molar refractivity (Wildman–Crippen MR) is 60.8 cm³/mol. The lowest BCUT2D eigenvalue weighted by Gasteiger charge is -1.89. The molecule has 4 nitrogen and oxygen atoms in total. The standard InChI is InChI=1S/C6H14.C4H8O2.CH2O2/c1-3-5-6-4-2;1-3-6-4(2)5;2-1-3/h3-6H2,1-2H3;3H2,1-2H3;1H,(H,2,3). The van der Waals surface area contributed by atoms with Crippen molar-refractivity contribution in [2.45, 2.75) is 53.4 Å². The summed E-state index contributed by atoms with van der Waals surface area (Å²) in [5.74, 6) is -0.211. The molecule has 0 aliphatic heterocycles. The minimum Gasteiger partial charge on any atom is -0.483 e. The van der Waals surface area contributed by atoms with E-state index in [4.69, 9.17) is 9.90 Å².